The summed E-state index contributed by atoms with van der Waals surface area (Å²) in [5, 5.41) is 19.1. The van der Waals surface area contributed by atoms with Gasteiger partial charge in [-0.05, 0) is 47.5 Å². The van der Waals surface area contributed by atoms with E-state index in [9.17, 15) is 15.0 Å². The summed E-state index contributed by atoms with van der Waals surface area (Å²) in [6.07, 6.45) is 6.10. The number of aromatic hydroxyl groups is 2. The van der Waals surface area contributed by atoms with Crippen LogP contribution in [0.2, 0.25) is 0 Å². The van der Waals surface area contributed by atoms with E-state index >= 15 is 0 Å². The molecule has 0 aliphatic heterocycles. The molecule has 124 valence electrons. The number of carbonyl (C=O) groups excluding carboxylic acids is 1. The van der Waals surface area contributed by atoms with Gasteiger partial charge in [0.2, 0.25) is 0 Å². The smallest absolute Gasteiger partial charge is 0.178 e. The van der Waals surface area contributed by atoms with Gasteiger partial charge in [0.1, 0.15) is 0 Å². The minimum absolute atomic E-state index is 0.0437. The molecule has 5 nitrogen and oxygen atoms in total. The highest BCUT2D eigenvalue weighted by atomic mass is 16.5. The van der Waals surface area contributed by atoms with Crippen LogP contribution in [0.1, 0.15) is 11.1 Å². The molecule has 24 heavy (non-hydrogen) atoms. The molecule has 0 aromatic heterocycles. The predicted molar refractivity (Wildman–Crippen MR) is 92.4 cm³/mol. The Morgan fingerprint density at radius 1 is 0.833 bits per heavy atom. The second-order valence-electron chi connectivity index (χ2n) is 4.93. The quantitative estimate of drug-likeness (QED) is 0.796. The number of ketones is 1. The zero-order chi connectivity index (χ0) is 17.5. The summed E-state index contributed by atoms with van der Waals surface area (Å²) in [7, 11) is 2.92. The monoisotopic (exact) mass is 326 g/mol. The second-order valence-corrected chi connectivity index (χ2v) is 4.93. The van der Waals surface area contributed by atoms with Crippen molar-refractivity contribution >= 4 is 17.9 Å². The molecule has 2 N–H and O–H groups in total. The lowest BCUT2D eigenvalue weighted by atomic mass is 10.1. The van der Waals surface area contributed by atoms with Crippen molar-refractivity contribution < 1.29 is 24.5 Å². The number of allylic oxidation sites excluding steroid dienone is 2. The van der Waals surface area contributed by atoms with Gasteiger partial charge in [-0.3, -0.25) is 4.79 Å². The number of benzene rings is 2. The van der Waals surface area contributed by atoms with Crippen molar-refractivity contribution in [2.75, 3.05) is 14.2 Å². The SMILES string of the molecule is COc1cc(/C=C\C(=O)/C=C\c2ccc(O)c(OC)c2)ccc1O. The molecular formula is C19H18O5. The first-order valence-corrected chi connectivity index (χ1v) is 7.17. The Morgan fingerprint density at radius 2 is 1.25 bits per heavy atom. The summed E-state index contributed by atoms with van der Waals surface area (Å²) in [6, 6.07) is 9.62. The second kappa shape index (κ2) is 7.87. The van der Waals surface area contributed by atoms with E-state index in [2.05, 4.69) is 0 Å². The van der Waals surface area contributed by atoms with Crippen LogP contribution in [0.3, 0.4) is 0 Å². The predicted octanol–water partition coefficient (Wildman–Crippen LogP) is 3.41. The van der Waals surface area contributed by atoms with Gasteiger partial charge in [-0.25, -0.2) is 0 Å². The van der Waals surface area contributed by atoms with E-state index < -0.39 is 0 Å². The normalized spacial score (nSPS) is 11.1. The van der Waals surface area contributed by atoms with Crippen LogP contribution >= 0.6 is 0 Å². The van der Waals surface area contributed by atoms with E-state index in [0.717, 1.165) is 11.1 Å². The summed E-state index contributed by atoms with van der Waals surface area (Å²) >= 11 is 0. The zero-order valence-electron chi connectivity index (χ0n) is 13.4. The fourth-order valence-corrected chi connectivity index (χ4v) is 2.01. The fraction of sp³-hybridized carbons (Fsp3) is 0.105. The number of rotatable bonds is 6. The van der Waals surface area contributed by atoms with E-state index in [0.29, 0.717) is 11.5 Å². The molecule has 0 saturated heterocycles. The molecule has 5 heteroatoms. The lowest BCUT2D eigenvalue weighted by molar-refractivity contribution is -0.110. The van der Waals surface area contributed by atoms with Gasteiger partial charge in [-0.2, -0.15) is 0 Å². The third kappa shape index (κ3) is 4.39. The molecule has 0 amide bonds. The highest BCUT2D eigenvalue weighted by Gasteiger charge is 2.02. The highest BCUT2D eigenvalue weighted by molar-refractivity contribution is 6.04. The van der Waals surface area contributed by atoms with Crippen molar-refractivity contribution in [2.24, 2.45) is 0 Å². The van der Waals surface area contributed by atoms with Crippen LogP contribution in [-0.4, -0.2) is 30.2 Å². The summed E-state index contributed by atoms with van der Waals surface area (Å²) < 4.78 is 10.0. The molecule has 0 atom stereocenters. The first-order valence-electron chi connectivity index (χ1n) is 7.17. The van der Waals surface area contributed by atoms with Gasteiger partial charge in [-0.1, -0.05) is 24.3 Å². The third-order valence-corrected chi connectivity index (χ3v) is 3.29. The van der Waals surface area contributed by atoms with Gasteiger partial charge in [0.25, 0.3) is 0 Å². The molecule has 0 unspecified atom stereocenters. The van der Waals surface area contributed by atoms with Crippen LogP contribution in [0.25, 0.3) is 12.2 Å². The van der Waals surface area contributed by atoms with Gasteiger partial charge in [0.15, 0.2) is 28.8 Å². The van der Waals surface area contributed by atoms with Gasteiger partial charge in [0.05, 0.1) is 14.2 Å². The average molecular weight is 326 g/mol. The van der Waals surface area contributed by atoms with Crippen molar-refractivity contribution in [3.8, 4) is 23.0 Å². The van der Waals surface area contributed by atoms with Crippen LogP contribution in [-0.2, 0) is 4.79 Å². The summed E-state index contributed by atoms with van der Waals surface area (Å²) in [5.41, 5.74) is 1.47. The zero-order valence-corrected chi connectivity index (χ0v) is 13.4. The molecule has 2 rings (SSSR count). The number of methoxy groups -OCH3 is 2. The number of phenolic OH excluding ortho intramolecular Hbond substituents is 2. The standard InChI is InChI=1S/C19H18O5/c1-23-18-11-13(5-9-16(18)21)3-7-15(20)8-4-14-6-10-17(22)19(12-14)24-2/h3-12,21-22H,1-2H3/b7-3-,8-4-. The van der Waals surface area contributed by atoms with E-state index in [1.54, 1.807) is 36.4 Å². The number of hydrogen-bond acceptors (Lipinski definition) is 5. The Labute approximate surface area is 140 Å². The minimum atomic E-state index is -0.200. The van der Waals surface area contributed by atoms with Crippen molar-refractivity contribution in [1.29, 1.82) is 0 Å². The highest BCUT2D eigenvalue weighted by Crippen LogP contribution is 2.27. The van der Waals surface area contributed by atoms with E-state index in [1.165, 1.54) is 38.5 Å². The Morgan fingerprint density at radius 3 is 1.62 bits per heavy atom. The summed E-state index contributed by atoms with van der Waals surface area (Å²) in [5.74, 6) is 0.575. The Balaban J connectivity index is 2.07. The molecule has 0 spiro atoms. The maximum absolute atomic E-state index is 11.9. The first kappa shape index (κ1) is 17.1. The summed E-state index contributed by atoms with van der Waals surface area (Å²) in [6.45, 7) is 0. The Kier molecular flexibility index (Phi) is 5.63. The third-order valence-electron chi connectivity index (χ3n) is 3.29. The van der Waals surface area contributed by atoms with E-state index in [-0.39, 0.29) is 17.3 Å². The minimum Gasteiger partial charge on any atom is -0.504 e. The molecule has 0 bridgehead atoms. The van der Waals surface area contributed by atoms with Crippen LogP contribution in [0.5, 0.6) is 23.0 Å². The summed E-state index contributed by atoms with van der Waals surface area (Å²) in [4.78, 5) is 11.9. The average Bonchev–Trinajstić information content (AvgIpc) is 2.60. The van der Waals surface area contributed by atoms with Gasteiger partial charge in [0, 0.05) is 0 Å². The van der Waals surface area contributed by atoms with Crippen LogP contribution in [0, 0.1) is 0 Å². The van der Waals surface area contributed by atoms with E-state index in [1.807, 2.05) is 0 Å². The lowest BCUT2D eigenvalue weighted by Gasteiger charge is -2.03. The first-order chi connectivity index (χ1) is 11.5. The largest absolute Gasteiger partial charge is 0.504 e. The molecule has 2 aromatic carbocycles. The topological polar surface area (TPSA) is 76.0 Å². The van der Waals surface area contributed by atoms with Gasteiger partial charge < -0.3 is 19.7 Å². The molecule has 0 heterocycles. The van der Waals surface area contributed by atoms with Crippen molar-refractivity contribution in [3.05, 3.63) is 59.7 Å². The van der Waals surface area contributed by atoms with Crippen LogP contribution in [0.4, 0.5) is 0 Å². The molecule has 0 aliphatic rings. The Bertz CT molecular complexity index is 725. The van der Waals surface area contributed by atoms with E-state index in [4.69, 9.17) is 9.47 Å². The Hall–Kier alpha value is -3.21. The van der Waals surface area contributed by atoms with Gasteiger partial charge >= 0.3 is 0 Å². The number of phenols is 2. The van der Waals surface area contributed by atoms with Crippen LogP contribution in [0.15, 0.2) is 48.6 Å². The molecular weight excluding hydrogens is 308 g/mol. The van der Waals surface area contributed by atoms with Crippen LogP contribution < -0.4 is 9.47 Å². The molecule has 2 aromatic rings. The maximum Gasteiger partial charge on any atom is 0.178 e. The van der Waals surface area contributed by atoms with Crippen molar-refractivity contribution in [3.63, 3.8) is 0 Å². The fourth-order valence-electron chi connectivity index (χ4n) is 2.01. The molecule has 0 radical (unpaired) electrons. The van der Waals surface area contributed by atoms with Gasteiger partial charge in [-0.15, -0.1) is 0 Å². The molecule has 0 saturated carbocycles. The molecule has 0 aliphatic carbocycles. The van der Waals surface area contributed by atoms with Crippen molar-refractivity contribution in [2.45, 2.75) is 0 Å². The number of carbonyl (C=O) groups is 1. The maximum atomic E-state index is 11.9. The number of hydrogen-bond donors (Lipinski definition) is 2. The van der Waals surface area contributed by atoms with Crippen molar-refractivity contribution in [1.82, 2.24) is 0 Å². The lowest BCUT2D eigenvalue weighted by Crippen LogP contribution is -1.87. The molecule has 0 fully saturated rings. The number of ether oxygens (including phenoxy) is 2.